The molecule has 0 spiro atoms. The summed E-state index contributed by atoms with van der Waals surface area (Å²) in [5.41, 5.74) is 5.75. The van der Waals surface area contributed by atoms with Gasteiger partial charge in [-0.3, -0.25) is 4.79 Å². The first-order chi connectivity index (χ1) is 15.3. The number of aromatic nitrogens is 5. The highest BCUT2D eigenvalue weighted by Crippen LogP contribution is 2.38. The number of aromatic amines is 1. The largest absolute Gasteiger partial charge is 0.357 e. The van der Waals surface area contributed by atoms with Gasteiger partial charge in [-0.2, -0.15) is 0 Å². The van der Waals surface area contributed by atoms with Crippen molar-refractivity contribution in [2.75, 3.05) is 11.4 Å². The first-order valence-corrected chi connectivity index (χ1v) is 11.0. The highest BCUT2D eigenvalue weighted by molar-refractivity contribution is 5.83. The molecule has 2 aromatic heterocycles. The van der Waals surface area contributed by atoms with E-state index in [0.29, 0.717) is 11.4 Å². The van der Waals surface area contributed by atoms with Gasteiger partial charge in [0.25, 0.3) is 5.56 Å². The SMILES string of the molecule is Cc1ccc2cc([C@@H](c3nnnn3C(C)(C)C)N3CCc4ccccc43)c(=O)[nH]c2c1C. The van der Waals surface area contributed by atoms with Crippen LogP contribution in [0.4, 0.5) is 5.69 Å². The molecule has 7 heteroatoms. The van der Waals surface area contributed by atoms with Crippen molar-refractivity contribution in [2.45, 2.75) is 52.6 Å². The van der Waals surface area contributed by atoms with E-state index in [1.54, 1.807) is 0 Å². The summed E-state index contributed by atoms with van der Waals surface area (Å²) < 4.78 is 1.84. The van der Waals surface area contributed by atoms with Gasteiger partial charge in [0.2, 0.25) is 0 Å². The lowest BCUT2D eigenvalue weighted by atomic mass is 9.99. The minimum atomic E-state index is -0.400. The average molecular weight is 429 g/mol. The second kappa shape index (κ2) is 7.29. The predicted molar refractivity (Wildman–Crippen MR) is 126 cm³/mol. The third kappa shape index (κ3) is 3.20. The van der Waals surface area contributed by atoms with Crippen LogP contribution < -0.4 is 10.5 Å². The number of aryl methyl sites for hydroxylation is 2. The summed E-state index contributed by atoms with van der Waals surface area (Å²) in [6.45, 7) is 11.1. The number of hydrogen-bond donors (Lipinski definition) is 1. The van der Waals surface area contributed by atoms with Crippen LogP contribution in [0.1, 0.15) is 54.9 Å². The number of tetrazole rings is 1. The molecule has 0 saturated carbocycles. The van der Waals surface area contributed by atoms with Gasteiger partial charge >= 0.3 is 0 Å². The number of nitrogens with zero attached hydrogens (tertiary/aromatic N) is 5. The average Bonchev–Trinajstić information content (AvgIpc) is 3.40. The molecule has 1 aliphatic heterocycles. The number of pyridine rings is 1. The minimum absolute atomic E-state index is 0.107. The van der Waals surface area contributed by atoms with Crippen LogP contribution in [-0.4, -0.2) is 31.7 Å². The molecule has 2 aromatic carbocycles. The lowest BCUT2D eigenvalue weighted by Gasteiger charge is -2.31. The fourth-order valence-corrected chi connectivity index (χ4v) is 4.67. The highest BCUT2D eigenvalue weighted by Gasteiger charge is 2.36. The van der Waals surface area contributed by atoms with Crippen LogP contribution >= 0.6 is 0 Å². The van der Waals surface area contributed by atoms with E-state index in [2.05, 4.69) is 83.4 Å². The molecule has 32 heavy (non-hydrogen) atoms. The molecular formula is C25H28N6O. The molecule has 7 nitrogen and oxygen atoms in total. The van der Waals surface area contributed by atoms with E-state index in [9.17, 15) is 4.79 Å². The molecule has 0 aliphatic carbocycles. The number of fused-ring (bicyclic) bond motifs is 2. The van der Waals surface area contributed by atoms with Gasteiger partial charge < -0.3 is 9.88 Å². The van der Waals surface area contributed by atoms with E-state index in [4.69, 9.17) is 0 Å². The van der Waals surface area contributed by atoms with Crippen LogP contribution in [0, 0.1) is 13.8 Å². The van der Waals surface area contributed by atoms with Crippen LogP contribution in [0.25, 0.3) is 10.9 Å². The van der Waals surface area contributed by atoms with Gasteiger partial charge in [-0.1, -0.05) is 30.3 Å². The van der Waals surface area contributed by atoms with Crippen molar-refractivity contribution in [3.63, 3.8) is 0 Å². The number of rotatable bonds is 3. The molecule has 0 fully saturated rings. The van der Waals surface area contributed by atoms with E-state index in [1.165, 1.54) is 5.56 Å². The highest BCUT2D eigenvalue weighted by atomic mass is 16.1. The number of H-pyrrole nitrogens is 1. The fourth-order valence-electron chi connectivity index (χ4n) is 4.67. The minimum Gasteiger partial charge on any atom is -0.357 e. The van der Waals surface area contributed by atoms with Gasteiger partial charge in [0.1, 0.15) is 6.04 Å². The maximum atomic E-state index is 13.5. The van der Waals surface area contributed by atoms with Crippen LogP contribution in [0.15, 0.2) is 47.3 Å². The summed E-state index contributed by atoms with van der Waals surface area (Å²) in [4.78, 5) is 18.9. The van der Waals surface area contributed by atoms with Gasteiger partial charge in [0.05, 0.1) is 11.1 Å². The van der Waals surface area contributed by atoms with Gasteiger partial charge in [-0.15, -0.1) is 5.10 Å². The van der Waals surface area contributed by atoms with Crippen LogP contribution in [0.5, 0.6) is 0 Å². The Labute approximate surface area is 187 Å². The zero-order valence-corrected chi connectivity index (χ0v) is 19.2. The van der Waals surface area contributed by atoms with Gasteiger partial charge in [0, 0.05) is 17.8 Å². The molecule has 0 bridgehead atoms. The second-order valence-corrected chi connectivity index (χ2v) is 9.62. The Kier molecular flexibility index (Phi) is 4.65. The monoisotopic (exact) mass is 428 g/mol. The van der Waals surface area contributed by atoms with Crippen molar-refractivity contribution < 1.29 is 0 Å². The summed E-state index contributed by atoms with van der Waals surface area (Å²) in [6, 6.07) is 14.1. The zero-order valence-electron chi connectivity index (χ0n) is 19.2. The van der Waals surface area contributed by atoms with E-state index in [0.717, 1.165) is 40.7 Å². The van der Waals surface area contributed by atoms with Gasteiger partial charge in [0.15, 0.2) is 5.82 Å². The molecule has 0 radical (unpaired) electrons. The van der Waals surface area contributed by atoms with Gasteiger partial charge in [-0.05, 0) is 85.7 Å². The number of benzene rings is 2. The summed E-state index contributed by atoms with van der Waals surface area (Å²) in [6.07, 6.45) is 0.924. The van der Waals surface area contributed by atoms with Crippen molar-refractivity contribution in [1.82, 2.24) is 25.2 Å². The predicted octanol–water partition coefficient (Wildman–Crippen LogP) is 4.04. The Morgan fingerprint density at radius 2 is 1.88 bits per heavy atom. The first kappa shape index (κ1) is 20.4. The Morgan fingerprint density at radius 3 is 2.66 bits per heavy atom. The Morgan fingerprint density at radius 1 is 1.09 bits per heavy atom. The lowest BCUT2D eigenvalue weighted by Crippen LogP contribution is -2.37. The van der Waals surface area contributed by atoms with Crippen LogP contribution in [0.3, 0.4) is 0 Å². The Hall–Kier alpha value is -3.48. The molecule has 1 atom stereocenters. The number of para-hydroxylation sites is 1. The second-order valence-electron chi connectivity index (χ2n) is 9.62. The van der Waals surface area contributed by atoms with Crippen molar-refractivity contribution in [3.05, 3.63) is 80.9 Å². The maximum Gasteiger partial charge on any atom is 0.254 e. The number of hydrogen-bond acceptors (Lipinski definition) is 5. The molecule has 0 unspecified atom stereocenters. The molecule has 1 aliphatic rings. The summed E-state index contributed by atoms with van der Waals surface area (Å²) in [7, 11) is 0. The Bertz CT molecular complexity index is 1380. The molecule has 3 heterocycles. The van der Waals surface area contributed by atoms with Crippen LogP contribution in [-0.2, 0) is 12.0 Å². The molecule has 0 saturated heterocycles. The zero-order chi connectivity index (χ0) is 22.6. The molecule has 0 amide bonds. The van der Waals surface area contributed by atoms with Crippen LogP contribution in [0.2, 0.25) is 0 Å². The Balaban J connectivity index is 1.77. The van der Waals surface area contributed by atoms with Gasteiger partial charge in [-0.25, -0.2) is 4.68 Å². The summed E-state index contributed by atoms with van der Waals surface area (Å²) in [5, 5.41) is 13.7. The fraction of sp³-hybridized carbons (Fsp3) is 0.360. The summed E-state index contributed by atoms with van der Waals surface area (Å²) >= 11 is 0. The van der Waals surface area contributed by atoms with Crippen molar-refractivity contribution in [2.24, 2.45) is 0 Å². The first-order valence-electron chi connectivity index (χ1n) is 11.0. The van der Waals surface area contributed by atoms with Crippen molar-refractivity contribution in [3.8, 4) is 0 Å². The molecule has 5 rings (SSSR count). The topological polar surface area (TPSA) is 79.7 Å². The smallest absolute Gasteiger partial charge is 0.254 e. The van der Waals surface area contributed by atoms with E-state index in [-0.39, 0.29) is 11.1 Å². The molecular weight excluding hydrogens is 400 g/mol. The maximum absolute atomic E-state index is 13.5. The molecule has 4 aromatic rings. The standard InChI is InChI=1S/C25H28N6O/c1-15-10-11-18-14-19(24(32)26-21(18)16(15)2)22(23-27-28-29-31(23)25(3,4)5)30-13-12-17-8-6-7-9-20(17)30/h6-11,14,22H,12-13H2,1-5H3,(H,26,32)/t22-/m0/s1. The summed E-state index contributed by atoms with van der Waals surface area (Å²) in [5.74, 6) is 0.669. The lowest BCUT2D eigenvalue weighted by molar-refractivity contribution is 0.329. The molecule has 1 N–H and O–H groups in total. The third-order valence-electron chi connectivity index (χ3n) is 6.48. The quantitative estimate of drug-likeness (QED) is 0.533. The number of nitrogens with one attached hydrogen (secondary N) is 1. The normalized spacial score (nSPS) is 14.7. The molecule has 164 valence electrons. The van der Waals surface area contributed by atoms with Crippen molar-refractivity contribution in [1.29, 1.82) is 0 Å². The number of anilines is 1. The van der Waals surface area contributed by atoms with Crippen molar-refractivity contribution >= 4 is 16.6 Å². The third-order valence-corrected chi connectivity index (χ3v) is 6.48. The van der Waals surface area contributed by atoms with E-state index >= 15 is 0 Å². The van der Waals surface area contributed by atoms with E-state index < -0.39 is 6.04 Å². The van der Waals surface area contributed by atoms with E-state index in [1.807, 2.05) is 23.7 Å².